The first-order chi connectivity index (χ1) is 15.2. The maximum atomic E-state index is 14.8. The molecule has 32 heavy (non-hydrogen) atoms. The summed E-state index contributed by atoms with van der Waals surface area (Å²) < 4.78 is 55.2. The van der Waals surface area contributed by atoms with Crippen LogP contribution in [0.1, 0.15) is 112 Å². The average molecular weight is 455 g/mol. The van der Waals surface area contributed by atoms with E-state index in [1.807, 2.05) is 0 Å². The molecular weight excluding hydrogens is 416 g/mol. The lowest BCUT2D eigenvalue weighted by molar-refractivity contribution is -0.140. The molecule has 0 radical (unpaired) electrons. The van der Waals surface area contributed by atoms with Gasteiger partial charge in [-0.05, 0) is 67.8 Å². The van der Waals surface area contributed by atoms with Crippen molar-refractivity contribution in [2.45, 2.75) is 103 Å². The third-order valence-corrected chi connectivity index (χ3v) is 8.10. The molecule has 5 heteroatoms. The quantitative estimate of drug-likeness (QED) is 0.283. The van der Waals surface area contributed by atoms with Crippen LogP contribution in [0.15, 0.2) is 12.1 Å². The summed E-state index contributed by atoms with van der Waals surface area (Å²) in [5.41, 5.74) is -1.85. The van der Waals surface area contributed by atoms with Crippen LogP contribution in [0.2, 0.25) is 0 Å². The SMILES string of the molecule is CCCC1CCC(C2CCC(CCc3ccc(C(=O)CC)c(C(F)(F)F)c3F)CC2)CC1. The summed E-state index contributed by atoms with van der Waals surface area (Å²) in [6, 6.07) is 2.55. The summed E-state index contributed by atoms with van der Waals surface area (Å²) in [6.07, 6.45) is 8.76. The van der Waals surface area contributed by atoms with Crippen molar-refractivity contribution in [2.24, 2.45) is 23.7 Å². The number of Topliss-reactive ketones (excluding diaryl/α,β-unsaturated/α-hetero) is 1. The number of alkyl halides is 3. The molecule has 0 amide bonds. The number of halogens is 4. The normalized spacial score (nSPS) is 26.8. The van der Waals surface area contributed by atoms with Crippen LogP contribution in [0.3, 0.4) is 0 Å². The summed E-state index contributed by atoms with van der Waals surface area (Å²) in [5, 5.41) is 0. The molecule has 0 heterocycles. The number of hydrogen-bond acceptors (Lipinski definition) is 1. The molecule has 2 aliphatic rings. The van der Waals surface area contributed by atoms with Crippen molar-refractivity contribution in [3.8, 4) is 0 Å². The van der Waals surface area contributed by atoms with E-state index in [1.165, 1.54) is 70.4 Å². The Bertz CT molecular complexity index is 754. The Hall–Kier alpha value is -1.39. The monoisotopic (exact) mass is 454 g/mol. The molecule has 2 fully saturated rings. The fourth-order valence-corrected chi connectivity index (χ4v) is 6.18. The molecule has 0 spiro atoms. The minimum Gasteiger partial charge on any atom is -0.294 e. The largest absolute Gasteiger partial charge is 0.419 e. The van der Waals surface area contributed by atoms with Gasteiger partial charge in [-0.3, -0.25) is 4.79 Å². The summed E-state index contributed by atoms with van der Waals surface area (Å²) in [6.45, 7) is 3.75. The first-order valence-corrected chi connectivity index (χ1v) is 12.7. The summed E-state index contributed by atoms with van der Waals surface area (Å²) in [4.78, 5) is 11.9. The zero-order valence-corrected chi connectivity index (χ0v) is 19.6. The van der Waals surface area contributed by atoms with Crippen molar-refractivity contribution in [3.05, 3.63) is 34.6 Å². The van der Waals surface area contributed by atoms with Gasteiger partial charge in [0.1, 0.15) is 11.4 Å². The van der Waals surface area contributed by atoms with Crippen LogP contribution in [-0.2, 0) is 12.6 Å². The van der Waals surface area contributed by atoms with Gasteiger partial charge >= 0.3 is 6.18 Å². The Labute approximate surface area is 190 Å². The Kier molecular flexibility index (Phi) is 8.80. The van der Waals surface area contributed by atoms with Crippen LogP contribution in [0.5, 0.6) is 0 Å². The molecular formula is C27H38F4O. The molecule has 2 saturated carbocycles. The van der Waals surface area contributed by atoms with Crippen LogP contribution in [0, 0.1) is 29.5 Å². The van der Waals surface area contributed by atoms with Gasteiger partial charge in [0.15, 0.2) is 5.78 Å². The molecule has 1 nitrogen and oxygen atoms in total. The van der Waals surface area contributed by atoms with Gasteiger partial charge in [-0.15, -0.1) is 0 Å². The lowest BCUT2D eigenvalue weighted by atomic mass is 9.68. The van der Waals surface area contributed by atoms with Gasteiger partial charge in [-0.25, -0.2) is 4.39 Å². The fourth-order valence-electron chi connectivity index (χ4n) is 6.18. The van der Waals surface area contributed by atoms with Gasteiger partial charge in [-0.2, -0.15) is 13.2 Å². The lowest BCUT2D eigenvalue weighted by Gasteiger charge is -2.38. The van der Waals surface area contributed by atoms with Crippen LogP contribution in [-0.4, -0.2) is 5.78 Å². The highest BCUT2D eigenvalue weighted by molar-refractivity contribution is 5.97. The van der Waals surface area contributed by atoms with E-state index >= 15 is 0 Å². The Morgan fingerprint density at radius 3 is 1.88 bits per heavy atom. The van der Waals surface area contributed by atoms with Gasteiger partial charge in [0.2, 0.25) is 0 Å². The number of hydrogen-bond donors (Lipinski definition) is 0. The standard InChI is InChI=1S/C27H38F4O/c1-3-5-18-6-11-20(12-7-18)21-13-8-19(9-14-21)10-15-22-16-17-23(24(32)4-2)25(26(22)28)27(29,30)31/h16-21H,3-15H2,1-2H3. The molecule has 1 aromatic carbocycles. The highest BCUT2D eigenvalue weighted by atomic mass is 19.4. The van der Waals surface area contributed by atoms with E-state index in [0.29, 0.717) is 18.8 Å². The van der Waals surface area contributed by atoms with Crippen LogP contribution < -0.4 is 0 Å². The number of carbonyl (C=O) groups excluding carboxylic acids is 1. The average Bonchev–Trinajstić information content (AvgIpc) is 2.78. The third-order valence-electron chi connectivity index (χ3n) is 8.10. The van der Waals surface area contributed by atoms with Crippen molar-refractivity contribution < 1.29 is 22.4 Å². The van der Waals surface area contributed by atoms with Crippen molar-refractivity contribution in [1.29, 1.82) is 0 Å². The molecule has 0 N–H and O–H groups in total. The Balaban J connectivity index is 1.54. The zero-order valence-electron chi connectivity index (χ0n) is 19.6. The molecule has 3 rings (SSSR count). The molecule has 1 aromatic rings. The number of ketones is 1. The van der Waals surface area contributed by atoms with Gasteiger partial charge in [0.25, 0.3) is 0 Å². The molecule has 0 aliphatic heterocycles. The Morgan fingerprint density at radius 1 is 0.875 bits per heavy atom. The van der Waals surface area contributed by atoms with Crippen molar-refractivity contribution in [3.63, 3.8) is 0 Å². The molecule has 0 aromatic heterocycles. The fraction of sp³-hybridized carbons (Fsp3) is 0.741. The van der Waals surface area contributed by atoms with E-state index in [0.717, 1.165) is 30.6 Å². The molecule has 0 atom stereocenters. The molecule has 0 unspecified atom stereocenters. The highest BCUT2D eigenvalue weighted by Crippen LogP contribution is 2.43. The molecule has 2 aliphatic carbocycles. The van der Waals surface area contributed by atoms with Crippen molar-refractivity contribution in [1.82, 2.24) is 0 Å². The van der Waals surface area contributed by atoms with Crippen LogP contribution in [0.25, 0.3) is 0 Å². The van der Waals surface area contributed by atoms with Crippen LogP contribution in [0.4, 0.5) is 17.6 Å². The minimum atomic E-state index is -4.87. The van der Waals surface area contributed by atoms with Gasteiger partial charge < -0.3 is 0 Å². The smallest absolute Gasteiger partial charge is 0.294 e. The van der Waals surface area contributed by atoms with E-state index in [2.05, 4.69) is 6.92 Å². The summed E-state index contributed by atoms with van der Waals surface area (Å²) >= 11 is 0. The van der Waals surface area contributed by atoms with E-state index in [4.69, 9.17) is 0 Å². The van der Waals surface area contributed by atoms with E-state index < -0.39 is 28.9 Å². The van der Waals surface area contributed by atoms with E-state index in [1.54, 1.807) is 0 Å². The predicted octanol–water partition coefficient (Wildman–Crippen LogP) is 8.78. The first kappa shape index (κ1) is 25.2. The summed E-state index contributed by atoms with van der Waals surface area (Å²) in [5.74, 6) is 1.08. The maximum Gasteiger partial charge on any atom is 0.419 e. The number of rotatable bonds is 8. The molecule has 0 bridgehead atoms. The topological polar surface area (TPSA) is 17.1 Å². The van der Waals surface area contributed by atoms with Gasteiger partial charge in [0.05, 0.1) is 0 Å². The first-order valence-electron chi connectivity index (χ1n) is 12.7. The second-order valence-corrected chi connectivity index (χ2v) is 10.1. The van der Waals surface area contributed by atoms with E-state index in [-0.39, 0.29) is 12.0 Å². The second kappa shape index (κ2) is 11.2. The second-order valence-electron chi connectivity index (χ2n) is 10.1. The van der Waals surface area contributed by atoms with Crippen molar-refractivity contribution in [2.75, 3.05) is 0 Å². The van der Waals surface area contributed by atoms with Gasteiger partial charge in [-0.1, -0.05) is 64.5 Å². The zero-order chi connectivity index (χ0) is 23.3. The van der Waals surface area contributed by atoms with Crippen LogP contribution >= 0.6 is 0 Å². The summed E-state index contributed by atoms with van der Waals surface area (Å²) in [7, 11) is 0. The molecule has 0 saturated heterocycles. The number of benzene rings is 1. The highest BCUT2D eigenvalue weighted by Gasteiger charge is 2.39. The predicted molar refractivity (Wildman–Crippen MR) is 120 cm³/mol. The molecule has 180 valence electrons. The number of aryl methyl sites for hydroxylation is 1. The third kappa shape index (κ3) is 6.14. The number of carbonyl (C=O) groups is 1. The Morgan fingerprint density at radius 2 is 1.41 bits per heavy atom. The van der Waals surface area contributed by atoms with E-state index in [9.17, 15) is 22.4 Å². The minimum absolute atomic E-state index is 0.0780. The van der Waals surface area contributed by atoms with Gasteiger partial charge in [0, 0.05) is 12.0 Å². The lowest BCUT2D eigenvalue weighted by Crippen LogP contribution is -2.26. The maximum absolute atomic E-state index is 14.8. The van der Waals surface area contributed by atoms with Crippen molar-refractivity contribution >= 4 is 5.78 Å².